The lowest BCUT2D eigenvalue weighted by Crippen LogP contribution is -2.13. The molecule has 0 aromatic carbocycles. The molecule has 0 unspecified atom stereocenters. The van der Waals surface area contributed by atoms with Gasteiger partial charge in [0.05, 0.1) is 24.1 Å². The molecule has 0 saturated heterocycles. The van der Waals surface area contributed by atoms with Crippen LogP contribution in [0.25, 0.3) is 0 Å². The highest BCUT2D eigenvalue weighted by Gasteiger charge is 2.05. The van der Waals surface area contributed by atoms with E-state index in [-0.39, 0.29) is 0 Å². The average molecular weight is 247 g/mol. The molecule has 6 heteroatoms. The fraction of sp³-hybridized carbons (Fsp3) is 0.182. The van der Waals surface area contributed by atoms with E-state index in [9.17, 15) is 0 Å². The summed E-state index contributed by atoms with van der Waals surface area (Å²) in [5.74, 6) is 0. The monoisotopic (exact) mass is 247 g/mol. The highest BCUT2D eigenvalue weighted by atomic mass is 32.1. The van der Waals surface area contributed by atoms with Gasteiger partial charge in [-0.2, -0.15) is 5.10 Å². The SMILES string of the molecule is Cn1ccc(CNc2cnccc2C(N)=S)n1. The van der Waals surface area contributed by atoms with Gasteiger partial charge in [0.25, 0.3) is 0 Å². The van der Waals surface area contributed by atoms with Gasteiger partial charge in [0.2, 0.25) is 0 Å². The zero-order valence-corrected chi connectivity index (χ0v) is 10.2. The predicted octanol–water partition coefficient (Wildman–Crippen LogP) is 1.06. The number of thiocarbonyl (C=S) groups is 1. The summed E-state index contributed by atoms with van der Waals surface area (Å²) in [6.45, 7) is 0.613. The van der Waals surface area contributed by atoms with Crippen LogP contribution in [0.4, 0.5) is 5.69 Å². The maximum Gasteiger partial charge on any atom is 0.106 e. The van der Waals surface area contributed by atoms with Crippen molar-refractivity contribution in [1.82, 2.24) is 14.8 Å². The third-order valence-corrected chi connectivity index (χ3v) is 2.54. The fourth-order valence-electron chi connectivity index (χ4n) is 1.49. The van der Waals surface area contributed by atoms with E-state index in [1.807, 2.05) is 19.3 Å². The molecule has 0 amide bonds. The predicted molar refractivity (Wildman–Crippen MR) is 70.7 cm³/mol. The van der Waals surface area contributed by atoms with Gasteiger partial charge in [0.15, 0.2) is 0 Å². The van der Waals surface area contributed by atoms with Gasteiger partial charge in [-0.05, 0) is 12.1 Å². The van der Waals surface area contributed by atoms with Crippen molar-refractivity contribution in [3.05, 3.63) is 42.0 Å². The largest absolute Gasteiger partial charge is 0.389 e. The molecule has 2 heterocycles. The molecule has 2 rings (SSSR count). The van der Waals surface area contributed by atoms with Gasteiger partial charge in [0, 0.05) is 25.0 Å². The number of aryl methyl sites for hydroxylation is 1. The average Bonchev–Trinajstić information content (AvgIpc) is 2.73. The number of hydrogen-bond donors (Lipinski definition) is 2. The third kappa shape index (κ3) is 2.79. The summed E-state index contributed by atoms with van der Waals surface area (Å²) in [5.41, 5.74) is 8.20. The Morgan fingerprint density at radius 3 is 3.00 bits per heavy atom. The number of hydrogen-bond acceptors (Lipinski definition) is 4. The Balaban J connectivity index is 2.11. The van der Waals surface area contributed by atoms with Crippen molar-refractivity contribution in [2.24, 2.45) is 12.8 Å². The number of nitrogens with two attached hydrogens (primary N) is 1. The van der Waals surface area contributed by atoms with Crippen LogP contribution >= 0.6 is 12.2 Å². The van der Waals surface area contributed by atoms with E-state index in [4.69, 9.17) is 18.0 Å². The van der Waals surface area contributed by atoms with Crippen molar-refractivity contribution < 1.29 is 0 Å². The molecule has 0 spiro atoms. The van der Waals surface area contributed by atoms with Gasteiger partial charge >= 0.3 is 0 Å². The zero-order valence-electron chi connectivity index (χ0n) is 9.42. The summed E-state index contributed by atoms with van der Waals surface area (Å²) in [6, 6.07) is 3.74. The van der Waals surface area contributed by atoms with Gasteiger partial charge < -0.3 is 11.1 Å². The van der Waals surface area contributed by atoms with Gasteiger partial charge in [-0.1, -0.05) is 12.2 Å². The second kappa shape index (κ2) is 4.92. The number of anilines is 1. The molecule has 5 nitrogen and oxygen atoms in total. The van der Waals surface area contributed by atoms with E-state index in [1.54, 1.807) is 23.1 Å². The maximum absolute atomic E-state index is 5.63. The maximum atomic E-state index is 5.63. The number of nitrogens with zero attached hydrogens (tertiary/aromatic N) is 3. The number of aromatic nitrogens is 3. The Kier molecular flexibility index (Phi) is 3.34. The molecule has 0 aliphatic carbocycles. The summed E-state index contributed by atoms with van der Waals surface area (Å²) in [6.07, 6.45) is 5.27. The van der Waals surface area contributed by atoms with E-state index in [0.29, 0.717) is 11.5 Å². The molecule has 0 radical (unpaired) electrons. The molecule has 0 aliphatic rings. The van der Waals surface area contributed by atoms with Crippen molar-refractivity contribution in [2.45, 2.75) is 6.54 Å². The smallest absolute Gasteiger partial charge is 0.106 e. The van der Waals surface area contributed by atoms with Crippen LogP contribution in [0.5, 0.6) is 0 Å². The van der Waals surface area contributed by atoms with Gasteiger partial charge in [-0.3, -0.25) is 9.67 Å². The molecule has 3 N–H and O–H groups in total. The van der Waals surface area contributed by atoms with E-state index in [1.165, 1.54) is 0 Å². The quantitative estimate of drug-likeness (QED) is 0.791. The first kappa shape index (κ1) is 11.5. The molecule has 0 atom stereocenters. The topological polar surface area (TPSA) is 68.8 Å². The fourth-order valence-corrected chi connectivity index (χ4v) is 1.67. The Morgan fingerprint density at radius 1 is 1.53 bits per heavy atom. The van der Waals surface area contributed by atoms with Crippen LogP contribution < -0.4 is 11.1 Å². The van der Waals surface area contributed by atoms with E-state index in [2.05, 4.69) is 15.4 Å². The number of nitrogens with one attached hydrogen (secondary N) is 1. The van der Waals surface area contributed by atoms with Crippen LogP contribution in [0.1, 0.15) is 11.3 Å². The molecule has 0 aliphatic heterocycles. The lowest BCUT2D eigenvalue weighted by Gasteiger charge is -2.08. The van der Waals surface area contributed by atoms with Gasteiger partial charge in [-0.15, -0.1) is 0 Å². The number of rotatable bonds is 4. The van der Waals surface area contributed by atoms with Crippen LogP contribution in [0.3, 0.4) is 0 Å². The molecule has 2 aromatic rings. The minimum atomic E-state index is 0.357. The first-order valence-electron chi connectivity index (χ1n) is 5.13. The van der Waals surface area contributed by atoms with Gasteiger partial charge in [0.1, 0.15) is 4.99 Å². The Hall–Kier alpha value is -1.95. The van der Waals surface area contributed by atoms with E-state index >= 15 is 0 Å². The minimum Gasteiger partial charge on any atom is -0.389 e. The van der Waals surface area contributed by atoms with Crippen LogP contribution in [0.2, 0.25) is 0 Å². The third-order valence-electron chi connectivity index (χ3n) is 2.32. The summed E-state index contributed by atoms with van der Waals surface area (Å²) < 4.78 is 1.76. The highest BCUT2D eigenvalue weighted by Crippen LogP contribution is 2.13. The van der Waals surface area contributed by atoms with Crippen molar-refractivity contribution >= 4 is 22.9 Å². The second-order valence-corrected chi connectivity index (χ2v) is 4.06. The van der Waals surface area contributed by atoms with Crippen LogP contribution in [-0.4, -0.2) is 19.8 Å². The lowest BCUT2D eigenvalue weighted by molar-refractivity contribution is 0.747. The van der Waals surface area contributed by atoms with Crippen LogP contribution in [0.15, 0.2) is 30.7 Å². The normalized spacial score (nSPS) is 10.2. The van der Waals surface area contributed by atoms with Crippen molar-refractivity contribution in [3.63, 3.8) is 0 Å². The summed E-state index contributed by atoms with van der Waals surface area (Å²) >= 11 is 4.97. The Bertz CT molecular complexity index is 534. The minimum absolute atomic E-state index is 0.357. The molecule has 0 saturated carbocycles. The molecule has 0 fully saturated rings. The first-order chi connectivity index (χ1) is 8.16. The van der Waals surface area contributed by atoms with Crippen molar-refractivity contribution in [1.29, 1.82) is 0 Å². The van der Waals surface area contributed by atoms with Crippen LogP contribution in [-0.2, 0) is 13.6 Å². The molecule has 0 bridgehead atoms. The second-order valence-electron chi connectivity index (χ2n) is 3.62. The summed E-state index contributed by atoms with van der Waals surface area (Å²) in [4.78, 5) is 4.40. The molecule has 17 heavy (non-hydrogen) atoms. The van der Waals surface area contributed by atoms with E-state index < -0.39 is 0 Å². The van der Waals surface area contributed by atoms with Crippen molar-refractivity contribution in [2.75, 3.05) is 5.32 Å². The molecular formula is C11H13N5S. The number of pyridine rings is 1. The van der Waals surface area contributed by atoms with Gasteiger partial charge in [-0.25, -0.2) is 0 Å². The Morgan fingerprint density at radius 2 is 2.35 bits per heavy atom. The van der Waals surface area contributed by atoms with Crippen molar-refractivity contribution in [3.8, 4) is 0 Å². The Labute approximate surface area is 105 Å². The highest BCUT2D eigenvalue weighted by molar-refractivity contribution is 7.80. The molecule has 2 aromatic heterocycles. The zero-order chi connectivity index (χ0) is 12.3. The molecular weight excluding hydrogens is 234 g/mol. The summed E-state index contributed by atoms with van der Waals surface area (Å²) in [7, 11) is 1.88. The first-order valence-corrected chi connectivity index (χ1v) is 5.54. The summed E-state index contributed by atoms with van der Waals surface area (Å²) in [5, 5.41) is 7.49. The standard InChI is InChI=1S/C11H13N5S/c1-16-5-3-8(15-16)6-14-10-7-13-4-2-9(10)11(12)17/h2-5,7,14H,6H2,1H3,(H2,12,17). The van der Waals surface area contributed by atoms with E-state index in [0.717, 1.165) is 16.9 Å². The molecule has 88 valence electrons. The lowest BCUT2D eigenvalue weighted by atomic mass is 10.2. The van der Waals surface area contributed by atoms with Crippen LogP contribution in [0, 0.1) is 0 Å².